The van der Waals surface area contributed by atoms with E-state index in [-0.39, 0.29) is 11.9 Å². The molecule has 0 spiro atoms. The zero-order valence-electron chi connectivity index (χ0n) is 15.5. The number of carbonyl (C=O) groups is 1. The number of aromatic nitrogens is 1. The van der Waals surface area contributed by atoms with Gasteiger partial charge in [-0.15, -0.1) is 0 Å². The maximum Gasteiger partial charge on any atom is 0.244 e. The predicted molar refractivity (Wildman–Crippen MR) is 111 cm³/mol. The van der Waals surface area contributed by atoms with Crippen molar-refractivity contribution in [2.75, 3.05) is 13.1 Å². The molecule has 2 heterocycles. The average molecular weight is 396 g/mol. The quantitative estimate of drug-likeness (QED) is 0.655. The molecule has 0 radical (unpaired) electrons. The molecular weight excluding hydrogens is 374 g/mol. The molecule has 0 unspecified atom stereocenters. The molecule has 0 aliphatic carbocycles. The van der Waals surface area contributed by atoms with Crippen molar-refractivity contribution in [1.29, 1.82) is 0 Å². The second-order valence-corrected chi connectivity index (χ2v) is 7.48. The number of nitrogens with zero attached hydrogens (tertiary/aromatic N) is 2. The zero-order chi connectivity index (χ0) is 19.3. The Morgan fingerprint density at radius 1 is 1.18 bits per heavy atom. The molecular formula is C22H22ClN3O2. The Balaban J connectivity index is 1.25. The van der Waals surface area contributed by atoms with E-state index in [2.05, 4.69) is 27.3 Å². The number of halogens is 1. The minimum absolute atomic E-state index is 0.113. The fraction of sp³-hybridized carbons (Fsp3) is 0.273. The summed E-state index contributed by atoms with van der Waals surface area (Å²) in [5.74, 6) is 0.326. The third kappa shape index (κ3) is 4.80. The Morgan fingerprint density at radius 2 is 1.93 bits per heavy atom. The Hall–Kier alpha value is -2.63. The van der Waals surface area contributed by atoms with E-state index in [1.165, 1.54) is 11.6 Å². The molecule has 28 heavy (non-hydrogen) atoms. The molecule has 1 amide bonds. The third-order valence-electron chi connectivity index (χ3n) is 4.94. The van der Waals surface area contributed by atoms with Crippen LogP contribution in [-0.4, -0.2) is 34.9 Å². The highest BCUT2D eigenvalue weighted by molar-refractivity contribution is 6.30. The first kappa shape index (κ1) is 18.7. The van der Waals surface area contributed by atoms with Crippen LogP contribution in [0.5, 0.6) is 0 Å². The largest absolute Gasteiger partial charge is 0.437 e. The zero-order valence-corrected chi connectivity index (χ0v) is 16.2. The molecule has 5 nitrogen and oxygen atoms in total. The van der Waals surface area contributed by atoms with Crippen molar-refractivity contribution in [3.05, 3.63) is 71.1 Å². The number of para-hydroxylation sites is 2. The lowest BCUT2D eigenvalue weighted by atomic mass is 10.0. The number of rotatable bonds is 5. The van der Waals surface area contributed by atoms with Crippen LogP contribution in [0.4, 0.5) is 0 Å². The molecule has 1 aliphatic rings. The summed E-state index contributed by atoms with van der Waals surface area (Å²) in [6.45, 7) is 2.83. The van der Waals surface area contributed by atoms with E-state index in [0.29, 0.717) is 5.89 Å². The summed E-state index contributed by atoms with van der Waals surface area (Å²) < 4.78 is 5.59. The van der Waals surface area contributed by atoms with Gasteiger partial charge in [-0.1, -0.05) is 35.9 Å². The maximum atomic E-state index is 12.2. The van der Waals surface area contributed by atoms with Crippen LogP contribution < -0.4 is 5.32 Å². The van der Waals surface area contributed by atoms with E-state index in [0.717, 1.165) is 48.6 Å². The fourth-order valence-electron chi connectivity index (χ4n) is 3.44. The van der Waals surface area contributed by atoms with Crippen LogP contribution in [0.2, 0.25) is 5.02 Å². The lowest BCUT2D eigenvalue weighted by Gasteiger charge is -2.32. The van der Waals surface area contributed by atoms with Crippen molar-refractivity contribution in [3.8, 4) is 0 Å². The minimum Gasteiger partial charge on any atom is -0.437 e. The molecule has 1 N–H and O–H groups in total. The Kier molecular flexibility index (Phi) is 5.74. The summed E-state index contributed by atoms with van der Waals surface area (Å²) in [4.78, 5) is 19.0. The van der Waals surface area contributed by atoms with Gasteiger partial charge in [0.15, 0.2) is 5.58 Å². The van der Waals surface area contributed by atoms with Gasteiger partial charge in [0.05, 0.1) is 0 Å². The number of oxazole rings is 1. The van der Waals surface area contributed by atoms with Gasteiger partial charge in [0, 0.05) is 42.9 Å². The molecule has 0 saturated carbocycles. The van der Waals surface area contributed by atoms with E-state index >= 15 is 0 Å². The maximum absolute atomic E-state index is 12.2. The van der Waals surface area contributed by atoms with Gasteiger partial charge in [-0.2, -0.15) is 0 Å². The van der Waals surface area contributed by atoms with Crippen LogP contribution in [-0.2, 0) is 11.3 Å². The molecule has 1 fully saturated rings. The first-order valence-electron chi connectivity index (χ1n) is 9.47. The van der Waals surface area contributed by atoms with Crippen molar-refractivity contribution >= 4 is 34.7 Å². The number of piperidine rings is 1. The van der Waals surface area contributed by atoms with E-state index in [1.807, 2.05) is 36.4 Å². The number of likely N-dealkylation sites (tertiary alicyclic amines) is 1. The van der Waals surface area contributed by atoms with Gasteiger partial charge < -0.3 is 9.73 Å². The molecule has 3 aromatic rings. The summed E-state index contributed by atoms with van der Waals surface area (Å²) in [6.07, 6.45) is 4.99. The van der Waals surface area contributed by atoms with Gasteiger partial charge in [0.1, 0.15) is 5.52 Å². The molecule has 0 bridgehead atoms. The number of amides is 1. The first-order chi connectivity index (χ1) is 13.7. The van der Waals surface area contributed by atoms with Crippen LogP contribution in [0.15, 0.2) is 59.0 Å². The lowest BCUT2D eigenvalue weighted by molar-refractivity contribution is -0.117. The Labute approximate surface area is 169 Å². The van der Waals surface area contributed by atoms with Crippen LogP contribution >= 0.6 is 11.6 Å². The Morgan fingerprint density at radius 3 is 2.68 bits per heavy atom. The standard InChI is InChI=1S/C22H22ClN3O2/c23-17-7-5-16(6-8-17)15-26-13-11-18(12-14-26)24-21(27)9-10-22-25-19-3-1-2-4-20(19)28-22/h1-10,18H,11-15H2,(H,24,27)/b10-9+. The molecule has 0 atom stereocenters. The third-order valence-corrected chi connectivity index (χ3v) is 5.19. The van der Waals surface area contributed by atoms with Crippen molar-refractivity contribution in [2.45, 2.75) is 25.4 Å². The monoisotopic (exact) mass is 395 g/mol. The smallest absolute Gasteiger partial charge is 0.244 e. The normalized spacial score (nSPS) is 16.0. The SMILES string of the molecule is O=C(/C=C/c1nc2ccccc2o1)NC1CCN(Cc2ccc(Cl)cc2)CC1. The van der Waals surface area contributed by atoms with Gasteiger partial charge in [0.25, 0.3) is 0 Å². The molecule has 2 aromatic carbocycles. The summed E-state index contributed by atoms with van der Waals surface area (Å²) in [7, 11) is 0. The predicted octanol–water partition coefficient (Wildman–Crippen LogP) is 4.28. The second kappa shape index (κ2) is 8.59. The number of hydrogen-bond donors (Lipinski definition) is 1. The summed E-state index contributed by atoms with van der Waals surface area (Å²) in [6, 6.07) is 15.7. The fourth-order valence-corrected chi connectivity index (χ4v) is 3.57. The van der Waals surface area contributed by atoms with E-state index in [4.69, 9.17) is 16.0 Å². The van der Waals surface area contributed by atoms with Crippen molar-refractivity contribution < 1.29 is 9.21 Å². The number of carbonyl (C=O) groups excluding carboxylic acids is 1. The summed E-state index contributed by atoms with van der Waals surface area (Å²) >= 11 is 5.94. The summed E-state index contributed by atoms with van der Waals surface area (Å²) in [5.41, 5.74) is 2.76. The van der Waals surface area contributed by atoms with Gasteiger partial charge in [-0.3, -0.25) is 9.69 Å². The summed E-state index contributed by atoms with van der Waals surface area (Å²) in [5, 5.41) is 3.84. The van der Waals surface area contributed by atoms with Gasteiger partial charge in [0.2, 0.25) is 11.8 Å². The van der Waals surface area contributed by atoms with Crippen LogP contribution in [0.1, 0.15) is 24.3 Å². The van der Waals surface area contributed by atoms with Crippen molar-refractivity contribution in [2.24, 2.45) is 0 Å². The van der Waals surface area contributed by atoms with Crippen LogP contribution in [0.3, 0.4) is 0 Å². The highest BCUT2D eigenvalue weighted by Gasteiger charge is 2.20. The number of benzene rings is 2. The second-order valence-electron chi connectivity index (χ2n) is 7.04. The molecule has 4 rings (SSSR count). The van der Waals surface area contributed by atoms with Gasteiger partial charge in [-0.25, -0.2) is 4.98 Å². The lowest BCUT2D eigenvalue weighted by Crippen LogP contribution is -2.43. The number of fused-ring (bicyclic) bond motifs is 1. The topological polar surface area (TPSA) is 58.4 Å². The molecule has 1 aromatic heterocycles. The number of nitrogens with one attached hydrogen (secondary N) is 1. The van der Waals surface area contributed by atoms with E-state index < -0.39 is 0 Å². The highest BCUT2D eigenvalue weighted by Crippen LogP contribution is 2.17. The molecule has 1 saturated heterocycles. The molecule has 1 aliphatic heterocycles. The highest BCUT2D eigenvalue weighted by atomic mass is 35.5. The molecule has 6 heteroatoms. The van der Waals surface area contributed by atoms with Crippen molar-refractivity contribution in [3.63, 3.8) is 0 Å². The van der Waals surface area contributed by atoms with Gasteiger partial charge >= 0.3 is 0 Å². The van der Waals surface area contributed by atoms with Gasteiger partial charge in [-0.05, 0) is 42.7 Å². The van der Waals surface area contributed by atoms with E-state index in [1.54, 1.807) is 6.08 Å². The average Bonchev–Trinajstić information content (AvgIpc) is 3.13. The van der Waals surface area contributed by atoms with Crippen molar-refractivity contribution in [1.82, 2.24) is 15.2 Å². The number of hydrogen-bond acceptors (Lipinski definition) is 4. The Bertz CT molecular complexity index is 940. The van der Waals surface area contributed by atoms with Crippen LogP contribution in [0, 0.1) is 0 Å². The molecule has 144 valence electrons. The van der Waals surface area contributed by atoms with Crippen LogP contribution in [0.25, 0.3) is 17.2 Å². The van der Waals surface area contributed by atoms with E-state index in [9.17, 15) is 4.79 Å². The first-order valence-corrected chi connectivity index (χ1v) is 9.84. The minimum atomic E-state index is -0.113.